The lowest BCUT2D eigenvalue weighted by Crippen LogP contribution is -2.59. The molecule has 0 aliphatic carbocycles. The van der Waals surface area contributed by atoms with Gasteiger partial charge in [-0.3, -0.25) is 14.4 Å². The maximum Gasteiger partial charge on any atom is 0.303 e. The molecule has 2 aliphatic rings. The van der Waals surface area contributed by atoms with E-state index in [-0.39, 0.29) is 6.61 Å². The van der Waals surface area contributed by atoms with Gasteiger partial charge in [-0.2, -0.15) is 0 Å². The summed E-state index contributed by atoms with van der Waals surface area (Å²) in [6.45, 7) is 3.59. The molecule has 0 aromatic carbocycles. The zero-order valence-corrected chi connectivity index (χ0v) is 14.5. The van der Waals surface area contributed by atoms with E-state index in [4.69, 9.17) is 23.7 Å². The summed E-state index contributed by atoms with van der Waals surface area (Å²) in [5.74, 6) is -1.62. The second kappa shape index (κ2) is 7.84. The van der Waals surface area contributed by atoms with Crippen LogP contribution < -0.4 is 0 Å². The molecular formula is C14H19NO8S. The number of rotatable bonds is 4. The third-order valence-corrected chi connectivity index (χ3v) is 4.41. The first-order valence-electron chi connectivity index (χ1n) is 7.23. The molecule has 0 N–H and O–H groups in total. The minimum absolute atomic E-state index is 0.142. The van der Waals surface area contributed by atoms with E-state index in [0.717, 1.165) is 0 Å². The van der Waals surface area contributed by atoms with Crippen molar-refractivity contribution in [3.63, 3.8) is 0 Å². The van der Waals surface area contributed by atoms with Gasteiger partial charge in [-0.25, -0.2) is 4.99 Å². The first-order chi connectivity index (χ1) is 11.3. The predicted octanol–water partition coefficient (Wildman–Crippen LogP) is 0.256. The Morgan fingerprint density at radius 3 is 2.25 bits per heavy atom. The first-order valence-corrected chi connectivity index (χ1v) is 8.11. The van der Waals surface area contributed by atoms with Crippen LogP contribution in [-0.4, -0.2) is 66.6 Å². The maximum absolute atomic E-state index is 11.5. The molecule has 1 fully saturated rings. The molecule has 134 valence electrons. The number of nitrogens with zero attached hydrogens (tertiary/aromatic N) is 1. The zero-order chi connectivity index (χ0) is 17.9. The van der Waals surface area contributed by atoms with Gasteiger partial charge in [-0.05, 0) is 11.8 Å². The van der Waals surface area contributed by atoms with Crippen LogP contribution in [0.4, 0.5) is 0 Å². The van der Waals surface area contributed by atoms with Crippen LogP contribution in [0.25, 0.3) is 0 Å². The molecule has 0 saturated carbocycles. The van der Waals surface area contributed by atoms with Crippen molar-refractivity contribution in [3.8, 4) is 0 Å². The van der Waals surface area contributed by atoms with E-state index < -0.39 is 47.7 Å². The zero-order valence-electron chi connectivity index (χ0n) is 13.7. The van der Waals surface area contributed by atoms with Crippen molar-refractivity contribution in [3.05, 3.63) is 0 Å². The SMILES string of the molecule is COC1=NC2C(O[C@H](COC(C)=O)[C@@H](OC(C)=O)[C@@H]2OC(C)=O)S1. The van der Waals surface area contributed by atoms with Crippen molar-refractivity contribution in [2.24, 2.45) is 4.99 Å². The molecule has 0 spiro atoms. The predicted molar refractivity (Wildman–Crippen MR) is 82.2 cm³/mol. The minimum Gasteiger partial charge on any atom is -0.476 e. The van der Waals surface area contributed by atoms with Gasteiger partial charge in [0.15, 0.2) is 12.2 Å². The van der Waals surface area contributed by atoms with Crippen LogP contribution in [0.5, 0.6) is 0 Å². The first kappa shape index (κ1) is 18.5. The van der Waals surface area contributed by atoms with Gasteiger partial charge in [0.2, 0.25) is 5.23 Å². The third-order valence-electron chi connectivity index (χ3n) is 3.32. The fourth-order valence-electron chi connectivity index (χ4n) is 2.47. The lowest BCUT2D eigenvalue weighted by Gasteiger charge is -2.41. The highest BCUT2D eigenvalue weighted by molar-refractivity contribution is 8.14. The van der Waals surface area contributed by atoms with Crippen molar-refractivity contribution in [1.82, 2.24) is 0 Å². The number of carbonyl (C=O) groups excluding carboxylic acids is 3. The van der Waals surface area contributed by atoms with Gasteiger partial charge in [0.25, 0.3) is 0 Å². The largest absolute Gasteiger partial charge is 0.476 e. The molecule has 0 aromatic rings. The summed E-state index contributed by atoms with van der Waals surface area (Å²) in [7, 11) is 1.46. The molecule has 0 aromatic heterocycles. The van der Waals surface area contributed by atoms with Gasteiger partial charge < -0.3 is 23.7 Å². The Morgan fingerprint density at radius 2 is 1.71 bits per heavy atom. The van der Waals surface area contributed by atoms with E-state index >= 15 is 0 Å². The standard InChI is InChI=1S/C14H19NO8S/c1-6(16)20-5-9-11(21-7(2)17)12(22-8(3)18)10-13(23-9)24-14(15-10)19-4/h9-13H,5H2,1-4H3/t9-,10?,11-,12-,13?/m1/s1. The lowest BCUT2D eigenvalue weighted by atomic mass is 9.98. The average Bonchev–Trinajstić information content (AvgIpc) is 2.89. The normalized spacial score (nSPS) is 31.5. The number of ether oxygens (including phenoxy) is 5. The van der Waals surface area contributed by atoms with Gasteiger partial charge in [0, 0.05) is 20.8 Å². The molecular weight excluding hydrogens is 342 g/mol. The van der Waals surface area contributed by atoms with E-state index in [9.17, 15) is 14.4 Å². The smallest absolute Gasteiger partial charge is 0.303 e. The van der Waals surface area contributed by atoms with Gasteiger partial charge >= 0.3 is 17.9 Å². The number of carbonyl (C=O) groups is 3. The summed E-state index contributed by atoms with van der Waals surface area (Å²) < 4.78 is 26.5. The second-order valence-electron chi connectivity index (χ2n) is 5.20. The van der Waals surface area contributed by atoms with Gasteiger partial charge in [-0.1, -0.05) is 0 Å². The number of hydrogen-bond acceptors (Lipinski definition) is 10. The number of esters is 3. The van der Waals surface area contributed by atoms with Crippen molar-refractivity contribution < 1.29 is 38.1 Å². The van der Waals surface area contributed by atoms with E-state index in [1.807, 2.05) is 0 Å². The molecule has 2 rings (SSSR count). The minimum atomic E-state index is -0.951. The van der Waals surface area contributed by atoms with Crippen molar-refractivity contribution in [2.45, 2.75) is 50.6 Å². The molecule has 1 saturated heterocycles. The fraction of sp³-hybridized carbons (Fsp3) is 0.714. The Morgan fingerprint density at radius 1 is 1.08 bits per heavy atom. The summed E-state index contributed by atoms with van der Waals surface area (Å²) >= 11 is 1.22. The molecule has 2 heterocycles. The van der Waals surface area contributed by atoms with Crippen molar-refractivity contribution >= 4 is 34.9 Å². The molecule has 2 aliphatic heterocycles. The molecule has 9 nitrogen and oxygen atoms in total. The van der Waals surface area contributed by atoms with Crippen LogP contribution in [0.2, 0.25) is 0 Å². The summed E-state index contributed by atoms with van der Waals surface area (Å²) in [5.41, 5.74) is -0.503. The molecule has 24 heavy (non-hydrogen) atoms. The highest BCUT2D eigenvalue weighted by Gasteiger charge is 2.53. The molecule has 0 amide bonds. The van der Waals surface area contributed by atoms with Crippen LogP contribution in [-0.2, 0) is 38.1 Å². The van der Waals surface area contributed by atoms with Crippen molar-refractivity contribution in [2.75, 3.05) is 13.7 Å². The van der Waals surface area contributed by atoms with Crippen LogP contribution in [0.15, 0.2) is 4.99 Å². The highest BCUT2D eigenvalue weighted by atomic mass is 32.2. The Balaban J connectivity index is 2.27. The van der Waals surface area contributed by atoms with Crippen LogP contribution >= 0.6 is 11.8 Å². The van der Waals surface area contributed by atoms with Crippen LogP contribution in [0, 0.1) is 0 Å². The molecule has 5 atom stereocenters. The maximum atomic E-state index is 11.5. The lowest BCUT2D eigenvalue weighted by molar-refractivity contribution is -0.208. The number of methoxy groups -OCH3 is 1. The molecule has 2 unspecified atom stereocenters. The third kappa shape index (κ3) is 4.38. The molecule has 0 radical (unpaired) electrons. The highest BCUT2D eigenvalue weighted by Crippen LogP contribution is 2.39. The Hall–Kier alpha value is -1.81. The number of fused-ring (bicyclic) bond motifs is 1. The van der Waals surface area contributed by atoms with Gasteiger partial charge in [0.05, 0.1) is 7.11 Å². The topological polar surface area (TPSA) is 110 Å². The number of hydrogen-bond donors (Lipinski definition) is 0. The summed E-state index contributed by atoms with van der Waals surface area (Å²) in [5, 5.41) is 0.372. The Labute approximate surface area is 143 Å². The van der Waals surface area contributed by atoms with E-state index in [1.165, 1.54) is 39.6 Å². The molecule has 10 heteroatoms. The van der Waals surface area contributed by atoms with Gasteiger partial charge in [0.1, 0.15) is 24.2 Å². The van der Waals surface area contributed by atoms with Crippen molar-refractivity contribution in [1.29, 1.82) is 0 Å². The number of thioether (sulfide) groups is 1. The van der Waals surface area contributed by atoms with Crippen LogP contribution in [0.3, 0.4) is 0 Å². The quantitative estimate of drug-likeness (QED) is 0.514. The van der Waals surface area contributed by atoms with Gasteiger partial charge in [-0.15, -0.1) is 0 Å². The average molecular weight is 361 g/mol. The molecule has 0 bridgehead atoms. The fourth-order valence-corrected chi connectivity index (χ4v) is 3.50. The van der Waals surface area contributed by atoms with E-state index in [0.29, 0.717) is 5.23 Å². The van der Waals surface area contributed by atoms with Crippen LogP contribution in [0.1, 0.15) is 20.8 Å². The summed E-state index contributed by atoms with van der Waals surface area (Å²) in [6.07, 6.45) is -2.61. The summed E-state index contributed by atoms with van der Waals surface area (Å²) in [4.78, 5) is 38.3. The summed E-state index contributed by atoms with van der Waals surface area (Å²) in [6, 6.07) is -0.591. The monoisotopic (exact) mass is 361 g/mol. The van der Waals surface area contributed by atoms with E-state index in [1.54, 1.807) is 0 Å². The number of aliphatic imine (C=N–C) groups is 1. The Bertz CT molecular complexity index is 551. The second-order valence-corrected chi connectivity index (χ2v) is 6.25. The Kier molecular flexibility index (Phi) is 6.05. The van der Waals surface area contributed by atoms with E-state index in [2.05, 4.69) is 4.99 Å².